The molecular weight excluding hydrogens is 350 g/mol. The average molecular weight is 370 g/mol. The van der Waals surface area contributed by atoms with Crippen molar-refractivity contribution in [3.8, 4) is 0 Å². The zero-order valence-electron chi connectivity index (χ0n) is 15.4. The fraction of sp³-hybridized carbons (Fsp3) is 0.300. The fourth-order valence-corrected chi connectivity index (χ4v) is 2.71. The fourth-order valence-electron chi connectivity index (χ4n) is 2.71. The molecule has 0 unspecified atom stereocenters. The van der Waals surface area contributed by atoms with Crippen molar-refractivity contribution < 1.29 is 32.8 Å². The molecule has 140 valence electrons. The van der Waals surface area contributed by atoms with Gasteiger partial charge in [-0.2, -0.15) is 0 Å². The molecule has 0 radical (unpaired) electrons. The van der Waals surface area contributed by atoms with Crippen LogP contribution in [0.25, 0.3) is 0 Å². The van der Waals surface area contributed by atoms with E-state index in [2.05, 4.69) is 0 Å². The molecule has 0 aliphatic heterocycles. The Bertz CT molecular complexity index is 895. The summed E-state index contributed by atoms with van der Waals surface area (Å²) in [6, 6.07) is 7.63. The second kappa shape index (κ2) is 6.92. The molecule has 27 heavy (non-hydrogen) atoms. The summed E-state index contributed by atoms with van der Waals surface area (Å²) in [6.45, 7) is 0.798. The summed E-state index contributed by atoms with van der Waals surface area (Å²) >= 11 is 0. The van der Waals surface area contributed by atoms with E-state index in [-0.39, 0.29) is 40.6 Å². The minimum Gasteiger partial charge on any atom is -0.459 e. The second-order valence-corrected chi connectivity index (χ2v) is 7.39. The Balaban J connectivity index is 1.73. The van der Waals surface area contributed by atoms with Crippen LogP contribution in [-0.2, 0) is 9.53 Å². The number of ketones is 3. The van der Waals surface area contributed by atoms with Crippen LogP contribution in [0.2, 0.25) is 0 Å². The van der Waals surface area contributed by atoms with Crippen LogP contribution in [0.1, 0.15) is 49.0 Å². The van der Waals surface area contributed by atoms with E-state index in [1.165, 1.54) is 12.1 Å². The van der Waals surface area contributed by atoms with Crippen LogP contribution in [0.4, 0.5) is 0 Å². The number of hydrogen-bond acceptors (Lipinski definition) is 6. The van der Waals surface area contributed by atoms with Gasteiger partial charge in [-0.05, 0) is 6.07 Å². The van der Waals surface area contributed by atoms with Crippen molar-refractivity contribution in [2.45, 2.75) is 6.42 Å². The maximum atomic E-state index is 12.5. The van der Waals surface area contributed by atoms with Crippen LogP contribution in [0.3, 0.4) is 0 Å². The highest BCUT2D eigenvalue weighted by atomic mass is 16.5. The Morgan fingerprint density at radius 1 is 1.00 bits per heavy atom. The van der Waals surface area contributed by atoms with E-state index < -0.39 is 24.0 Å². The first kappa shape index (κ1) is 18.7. The Morgan fingerprint density at radius 2 is 1.63 bits per heavy atom. The van der Waals surface area contributed by atoms with Gasteiger partial charge in [0.25, 0.3) is 0 Å². The van der Waals surface area contributed by atoms with Crippen LogP contribution >= 0.6 is 0 Å². The minimum atomic E-state index is -0.677. The molecule has 1 aromatic carbocycles. The van der Waals surface area contributed by atoms with E-state index in [0.717, 1.165) is 0 Å². The number of rotatable bonds is 6. The topological polar surface area (TPSA) is 90.7 Å². The Hall–Kier alpha value is -3.06. The number of esters is 1. The molecule has 2 aromatic rings. The predicted octanol–water partition coefficient (Wildman–Crippen LogP) is 1.88. The number of ether oxygens (including phenoxy) is 1. The van der Waals surface area contributed by atoms with Gasteiger partial charge in [-0.15, -0.1) is 0 Å². The third-order valence-corrected chi connectivity index (χ3v) is 4.20. The molecule has 0 saturated heterocycles. The summed E-state index contributed by atoms with van der Waals surface area (Å²) in [5.41, 5.74) is 0.554. The van der Waals surface area contributed by atoms with Crippen LogP contribution in [0, 0.1) is 0 Å². The maximum absolute atomic E-state index is 12.5. The number of furan rings is 1. The molecule has 0 bridgehead atoms. The molecular formula is C20H20NO6+. The number of hydrogen-bond donors (Lipinski definition) is 0. The smallest absolute Gasteiger partial charge is 0.314 e. The highest BCUT2D eigenvalue weighted by Crippen LogP contribution is 2.30. The SMILES string of the molecule is C[N+](C)(C)CCOC(=O)CC(=O)c1cc2c(o1)C(=O)c1ccccc1C2=O. The second-order valence-electron chi connectivity index (χ2n) is 7.39. The number of likely N-dealkylation sites (N-methyl/N-ethyl adjacent to an activating group) is 1. The summed E-state index contributed by atoms with van der Waals surface area (Å²) in [5, 5.41) is 0. The third-order valence-electron chi connectivity index (χ3n) is 4.20. The molecule has 0 atom stereocenters. The normalized spacial score (nSPS) is 13.1. The molecule has 1 heterocycles. The summed E-state index contributed by atoms with van der Waals surface area (Å²) < 4.78 is 11.0. The van der Waals surface area contributed by atoms with Crippen molar-refractivity contribution >= 4 is 23.3 Å². The van der Waals surface area contributed by atoms with Gasteiger partial charge in [0.2, 0.25) is 11.6 Å². The van der Waals surface area contributed by atoms with Crippen molar-refractivity contribution in [1.29, 1.82) is 0 Å². The lowest BCUT2D eigenvalue weighted by molar-refractivity contribution is -0.870. The lowest BCUT2D eigenvalue weighted by Crippen LogP contribution is -2.38. The monoisotopic (exact) mass is 370 g/mol. The van der Waals surface area contributed by atoms with E-state index >= 15 is 0 Å². The van der Waals surface area contributed by atoms with Gasteiger partial charge in [-0.25, -0.2) is 0 Å². The molecule has 0 amide bonds. The number of nitrogens with zero attached hydrogens (tertiary/aromatic N) is 1. The van der Waals surface area contributed by atoms with Gasteiger partial charge in [0, 0.05) is 11.1 Å². The van der Waals surface area contributed by atoms with Gasteiger partial charge in [-0.3, -0.25) is 19.2 Å². The Labute approximate surface area is 156 Å². The van der Waals surface area contributed by atoms with E-state index in [1.54, 1.807) is 18.2 Å². The predicted molar refractivity (Wildman–Crippen MR) is 94.8 cm³/mol. The lowest BCUT2D eigenvalue weighted by Gasteiger charge is -2.23. The maximum Gasteiger partial charge on any atom is 0.314 e. The molecule has 1 aromatic heterocycles. The Kier molecular flexibility index (Phi) is 4.80. The lowest BCUT2D eigenvalue weighted by atomic mass is 9.88. The van der Waals surface area contributed by atoms with Gasteiger partial charge in [0.15, 0.2) is 17.3 Å². The minimum absolute atomic E-state index is 0.0421. The van der Waals surface area contributed by atoms with Gasteiger partial charge in [0.05, 0.1) is 26.7 Å². The summed E-state index contributed by atoms with van der Waals surface area (Å²) in [5.74, 6) is -2.51. The third kappa shape index (κ3) is 3.88. The summed E-state index contributed by atoms with van der Waals surface area (Å²) in [4.78, 5) is 49.2. The van der Waals surface area contributed by atoms with Crippen LogP contribution in [0.5, 0.6) is 0 Å². The average Bonchev–Trinajstić information content (AvgIpc) is 3.04. The van der Waals surface area contributed by atoms with Crippen LogP contribution < -0.4 is 0 Å². The van der Waals surface area contributed by atoms with E-state index in [4.69, 9.17) is 9.15 Å². The molecule has 1 aliphatic rings. The molecule has 3 rings (SSSR count). The largest absolute Gasteiger partial charge is 0.459 e. The molecule has 0 saturated carbocycles. The van der Waals surface area contributed by atoms with Crippen molar-refractivity contribution in [1.82, 2.24) is 0 Å². The molecule has 7 nitrogen and oxygen atoms in total. The molecule has 0 N–H and O–H groups in total. The molecule has 1 aliphatic carbocycles. The van der Waals surface area contributed by atoms with Crippen LogP contribution in [-0.4, -0.2) is 62.1 Å². The van der Waals surface area contributed by atoms with Crippen molar-refractivity contribution in [2.24, 2.45) is 0 Å². The van der Waals surface area contributed by atoms with Gasteiger partial charge >= 0.3 is 5.97 Å². The van der Waals surface area contributed by atoms with Crippen LogP contribution in [0.15, 0.2) is 34.7 Å². The zero-order chi connectivity index (χ0) is 19.8. The highest BCUT2D eigenvalue weighted by Gasteiger charge is 2.34. The van der Waals surface area contributed by atoms with Crippen molar-refractivity contribution in [3.63, 3.8) is 0 Å². The van der Waals surface area contributed by atoms with E-state index in [0.29, 0.717) is 11.0 Å². The van der Waals surface area contributed by atoms with E-state index in [1.807, 2.05) is 21.1 Å². The van der Waals surface area contributed by atoms with Crippen molar-refractivity contribution in [2.75, 3.05) is 34.3 Å². The number of carbonyl (C=O) groups excluding carboxylic acids is 4. The highest BCUT2D eigenvalue weighted by molar-refractivity contribution is 6.28. The molecule has 7 heteroatoms. The number of quaternary nitrogens is 1. The summed E-state index contributed by atoms with van der Waals surface area (Å²) in [6.07, 6.45) is -0.515. The van der Waals surface area contributed by atoms with Gasteiger partial charge in [0.1, 0.15) is 19.6 Å². The van der Waals surface area contributed by atoms with Gasteiger partial charge < -0.3 is 13.6 Å². The quantitative estimate of drug-likeness (QED) is 0.285. The number of carbonyl (C=O) groups is 4. The zero-order valence-corrected chi connectivity index (χ0v) is 15.4. The van der Waals surface area contributed by atoms with Crippen molar-refractivity contribution in [3.05, 3.63) is 58.5 Å². The number of Topliss-reactive ketones (excluding diaryl/α,β-unsaturated/α-hetero) is 1. The molecule has 0 spiro atoms. The standard InChI is InChI=1S/C20H20NO6/c1-21(2,3)8-9-26-17(23)11-15(22)16-10-14-18(24)12-6-4-5-7-13(12)19(25)20(14)27-16/h4-7,10H,8-9,11H2,1-3H3/q+1. The number of fused-ring (bicyclic) bond motifs is 2. The van der Waals surface area contributed by atoms with Gasteiger partial charge in [-0.1, -0.05) is 24.3 Å². The molecule has 0 fully saturated rings. The first-order valence-corrected chi connectivity index (χ1v) is 8.49. The summed E-state index contributed by atoms with van der Waals surface area (Å²) in [7, 11) is 5.87. The Morgan fingerprint density at radius 3 is 2.26 bits per heavy atom. The first-order chi connectivity index (χ1) is 12.7. The first-order valence-electron chi connectivity index (χ1n) is 8.49. The number of benzene rings is 1. The van der Waals surface area contributed by atoms with E-state index in [9.17, 15) is 19.2 Å².